The van der Waals surface area contributed by atoms with E-state index in [0.717, 1.165) is 13.0 Å². The van der Waals surface area contributed by atoms with Gasteiger partial charge in [-0.2, -0.15) is 4.31 Å². The lowest BCUT2D eigenvalue weighted by Crippen LogP contribution is -2.42. The summed E-state index contributed by atoms with van der Waals surface area (Å²) in [6.45, 7) is 3.89. The Morgan fingerprint density at radius 2 is 2.10 bits per heavy atom. The minimum absolute atomic E-state index is 0.0264. The van der Waals surface area contributed by atoms with Crippen molar-refractivity contribution in [2.24, 2.45) is 0 Å². The monoisotopic (exact) mass is 319 g/mol. The Bertz CT molecular complexity index is 644. The molecule has 0 saturated carbocycles. The predicted molar refractivity (Wildman–Crippen MR) is 77.5 cm³/mol. The number of hydrogen-bond donors (Lipinski definition) is 1. The number of pyridine rings is 1. The maximum atomic E-state index is 12.6. The van der Waals surface area contributed by atoms with Crippen LogP contribution in [-0.2, 0) is 10.0 Å². The van der Waals surface area contributed by atoms with E-state index in [4.69, 9.17) is 11.6 Å². The molecule has 8 heteroatoms. The highest BCUT2D eigenvalue weighted by Crippen LogP contribution is 2.21. The second-order valence-corrected chi connectivity index (χ2v) is 7.39. The zero-order chi connectivity index (χ0) is 14.9. The molecule has 1 aliphatic heterocycles. The van der Waals surface area contributed by atoms with Crippen molar-refractivity contribution in [3.05, 3.63) is 27.6 Å². The number of likely N-dealkylation sites (N-methyl/N-ethyl adjacent to an activating group) is 1. The van der Waals surface area contributed by atoms with Gasteiger partial charge in [0.1, 0.15) is 5.02 Å². The van der Waals surface area contributed by atoms with Gasteiger partial charge >= 0.3 is 0 Å². The number of halogens is 1. The van der Waals surface area contributed by atoms with E-state index in [1.165, 1.54) is 16.6 Å². The molecule has 20 heavy (non-hydrogen) atoms. The van der Waals surface area contributed by atoms with E-state index in [2.05, 4.69) is 9.88 Å². The molecule has 112 valence electrons. The van der Waals surface area contributed by atoms with Gasteiger partial charge in [0.25, 0.3) is 5.56 Å². The molecule has 1 unspecified atom stereocenters. The molecule has 0 amide bonds. The summed E-state index contributed by atoms with van der Waals surface area (Å²) in [6.07, 6.45) is 1.97. The number of rotatable bonds is 2. The van der Waals surface area contributed by atoms with Crippen LogP contribution in [0, 0.1) is 0 Å². The summed E-state index contributed by atoms with van der Waals surface area (Å²) in [5.74, 6) is 0. The Morgan fingerprint density at radius 3 is 2.75 bits per heavy atom. The molecular formula is C12H18ClN3O3S. The van der Waals surface area contributed by atoms with Crippen LogP contribution in [0.1, 0.15) is 13.3 Å². The van der Waals surface area contributed by atoms with Gasteiger partial charge in [-0.3, -0.25) is 4.79 Å². The van der Waals surface area contributed by atoms with E-state index in [0.29, 0.717) is 13.1 Å². The van der Waals surface area contributed by atoms with Gasteiger partial charge in [0, 0.05) is 25.3 Å². The van der Waals surface area contributed by atoms with Crippen molar-refractivity contribution >= 4 is 21.6 Å². The van der Waals surface area contributed by atoms with Crippen LogP contribution in [-0.4, -0.2) is 55.3 Å². The van der Waals surface area contributed by atoms with Gasteiger partial charge in [0.2, 0.25) is 10.0 Å². The predicted octanol–water partition coefficient (Wildman–Crippen LogP) is 0.743. The third kappa shape index (κ3) is 3.06. The Labute approximate surface area is 123 Å². The van der Waals surface area contributed by atoms with Crippen molar-refractivity contribution in [2.75, 3.05) is 26.7 Å². The van der Waals surface area contributed by atoms with E-state index >= 15 is 0 Å². The molecule has 0 spiro atoms. The minimum atomic E-state index is -3.65. The van der Waals surface area contributed by atoms with Crippen LogP contribution >= 0.6 is 11.6 Å². The molecule has 2 heterocycles. The van der Waals surface area contributed by atoms with Gasteiger partial charge in [-0.15, -0.1) is 0 Å². The van der Waals surface area contributed by atoms with Crippen LogP contribution < -0.4 is 5.56 Å². The number of aromatic nitrogens is 1. The molecule has 0 aromatic carbocycles. The molecular weight excluding hydrogens is 302 g/mol. The van der Waals surface area contributed by atoms with Gasteiger partial charge in [0.05, 0.1) is 4.90 Å². The first-order valence-electron chi connectivity index (χ1n) is 6.41. The smallest absolute Gasteiger partial charge is 0.266 e. The summed E-state index contributed by atoms with van der Waals surface area (Å²) in [5, 5.41) is -0.120. The number of H-pyrrole nitrogens is 1. The molecule has 1 atom stereocenters. The molecule has 1 aliphatic rings. The topological polar surface area (TPSA) is 73.5 Å². The van der Waals surface area contributed by atoms with Crippen molar-refractivity contribution in [1.82, 2.24) is 14.2 Å². The fraction of sp³-hybridized carbons (Fsp3) is 0.583. The average molecular weight is 320 g/mol. The maximum Gasteiger partial charge on any atom is 0.266 e. The number of hydrogen-bond acceptors (Lipinski definition) is 4. The number of nitrogens with zero attached hydrogens (tertiary/aromatic N) is 2. The lowest BCUT2D eigenvalue weighted by atomic mass is 10.3. The van der Waals surface area contributed by atoms with E-state index in [1.807, 2.05) is 14.0 Å². The summed E-state index contributed by atoms with van der Waals surface area (Å²) in [6, 6.07) is 1.08. The van der Waals surface area contributed by atoms with E-state index in [1.54, 1.807) is 0 Å². The van der Waals surface area contributed by atoms with Crippen molar-refractivity contribution in [3.8, 4) is 0 Å². The zero-order valence-corrected chi connectivity index (χ0v) is 13.0. The Balaban J connectivity index is 2.38. The van der Waals surface area contributed by atoms with E-state index in [-0.39, 0.29) is 16.0 Å². The van der Waals surface area contributed by atoms with Gasteiger partial charge in [-0.25, -0.2) is 8.42 Å². The fourth-order valence-electron chi connectivity index (χ4n) is 2.43. The first-order chi connectivity index (χ1) is 9.32. The van der Waals surface area contributed by atoms with Crippen LogP contribution in [0.3, 0.4) is 0 Å². The Hall–Kier alpha value is -0.890. The van der Waals surface area contributed by atoms with Crippen molar-refractivity contribution in [3.63, 3.8) is 0 Å². The van der Waals surface area contributed by atoms with Crippen LogP contribution in [0.15, 0.2) is 22.0 Å². The first kappa shape index (κ1) is 15.5. The summed E-state index contributed by atoms with van der Waals surface area (Å²) in [5.41, 5.74) is -0.491. The molecule has 1 aromatic rings. The van der Waals surface area contributed by atoms with Crippen LogP contribution in [0.4, 0.5) is 0 Å². The van der Waals surface area contributed by atoms with Crippen molar-refractivity contribution in [1.29, 1.82) is 0 Å². The van der Waals surface area contributed by atoms with Crippen molar-refractivity contribution < 1.29 is 8.42 Å². The van der Waals surface area contributed by atoms with Crippen molar-refractivity contribution in [2.45, 2.75) is 24.3 Å². The van der Waals surface area contributed by atoms with Crippen LogP contribution in [0.5, 0.6) is 0 Å². The molecule has 1 fully saturated rings. The maximum absolute atomic E-state index is 12.6. The van der Waals surface area contributed by atoms with Gasteiger partial charge in [0.15, 0.2) is 0 Å². The average Bonchev–Trinajstić information content (AvgIpc) is 2.53. The van der Waals surface area contributed by atoms with E-state index in [9.17, 15) is 13.2 Å². The number of aromatic amines is 1. The third-order valence-electron chi connectivity index (χ3n) is 3.42. The summed E-state index contributed by atoms with van der Waals surface area (Å²) < 4.78 is 26.8. The second kappa shape index (κ2) is 5.85. The molecule has 6 nitrogen and oxygen atoms in total. The highest BCUT2D eigenvalue weighted by atomic mass is 35.5. The fourth-order valence-corrected chi connectivity index (χ4v) is 4.32. The van der Waals surface area contributed by atoms with Crippen LogP contribution in [0.25, 0.3) is 0 Å². The SMILES string of the molecule is CC1CN(C)CCCN1S(=O)(=O)c1c[nH]c(=O)c(Cl)c1. The first-order valence-corrected chi connectivity index (χ1v) is 8.23. The summed E-state index contributed by atoms with van der Waals surface area (Å²) in [7, 11) is -1.67. The Kier molecular flexibility index (Phi) is 4.53. The largest absolute Gasteiger partial charge is 0.326 e. The zero-order valence-electron chi connectivity index (χ0n) is 11.5. The van der Waals surface area contributed by atoms with Gasteiger partial charge < -0.3 is 9.88 Å². The molecule has 1 N–H and O–H groups in total. The molecule has 0 bridgehead atoms. The Morgan fingerprint density at radius 1 is 1.40 bits per heavy atom. The minimum Gasteiger partial charge on any atom is -0.326 e. The lowest BCUT2D eigenvalue weighted by molar-refractivity contribution is 0.290. The summed E-state index contributed by atoms with van der Waals surface area (Å²) in [4.78, 5) is 15.7. The second-order valence-electron chi connectivity index (χ2n) is 5.09. The molecule has 2 rings (SSSR count). The van der Waals surface area contributed by atoms with Gasteiger partial charge in [-0.1, -0.05) is 11.6 Å². The molecule has 1 saturated heterocycles. The standard InChI is InChI=1S/C12H18ClN3O3S/c1-9-8-15(2)4-3-5-16(9)20(18,19)10-6-11(13)12(17)14-7-10/h6-7,9H,3-5,8H2,1-2H3,(H,14,17). The van der Waals surface area contributed by atoms with E-state index < -0.39 is 15.6 Å². The lowest BCUT2D eigenvalue weighted by Gasteiger charge is -2.27. The third-order valence-corrected chi connectivity index (χ3v) is 5.70. The molecule has 0 radical (unpaired) electrons. The molecule has 0 aliphatic carbocycles. The number of nitrogens with one attached hydrogen (secondary N) is 1. The summed E-state index contributed by atoms with van der Waals surface area (Å²) >= 11 is 5.72. The van der Waals surface area contributed by atoms with Gasteiger partial charge in [-0.05, 0) is 33.0 Å². The number of sulfonamides is 1. The normalized spacial score (nSPS) is 22.6. The highest BCUT2D eigenvalue weighted by Gasteiger charge is 2.31. The quantitative estimate of drug-likeness (QED) is 0.872. The molecule has 1 aromatic heterocycles. The highest BCUT2D eigenvalue weighted by molar-refractivity contribution is 7.89. The van der Waals surface area contributed by atoms with Crippen LogP contribution in [0.2, 0.25) is 5.02 Å².